The molecule has 0 unspecified atom stereocenters. The standard InChI is InChI=1S/C19H16N4S3/c1-2-5-13(6-3-1)18-20-14(11-25-18)12-26-19-22-21-17(16-7-4-10-24-16)23(19)15-8-9-15/h1-7,10-11,15H,8-9,12H2. The van der Waals surface area contributed by atoms with Crippen LogP contribution >= 0.6 is 34.4 Å². The molecular formula is C19H16N4S3. The molecular weight excluding hydrogens is 380 g/mol. The zero-order valence-corrected chi connectivity index (χ0v) is 16.4. The normalized spacial score (nSPS) is 14.0. The van der Waals surface area contributed by atoms with Crippen molar-refractivity contribution in [2.45, 2.75) is 29.8 Å². The smallest absolute Gasteiger partial charge is 0.192 e. The van der Waals surface area contributed by atoms with Crippen LogP contribution in [0.2, 0.25) is 0 Å². The van der Waals surface area contributed by atoms with Crippen LogP contribution in [-0.4, -0.2) is 19.7 Å². The molecule has 0 radical (unpaired) electrons. The number of aromatic nitrogens is 4. The first-order chi connectivity index (χ1) is 12.9. The van der Waals surface area contributed by atoms with E-state index in [1.807, 2.05) is 6.07 Å². The largest absolute Gasteiger partial charge is 0.298 e. The van der Waals surface area contributed by atoms with Crippen LogP contribution in [0.1, 0.15) is 24.6 Å². The Morgan fingerprint density at radius 3 is 2.69 bits per heavy atom. The van der Waals surface area contributed by atoms with Crippen LogP contribution in [0.15, 0.2) is 58.4 Å². The first kappa shape index (κ1) is 16.2. The van der Waals surface area contributed by atoms with E-state index in [9.17, 15) is 0 Å². The Balaban J connectivity index is 1.36. The van der Waals surface area contributed by atoms with Gasteiger partial charge in [0.1, 0.15) is 5.01 Å². The van der Waals surface area contributed by atoms with Gasteiger partial charge in [0.25, 0.3) is 0 Å². The van der Waals surface area contributed by atoms with Crippen molar-refractivity contribution in [2.75, 3.05) is 0 Å². The lowest BCUT2D eigenvalue weighted by atomic mass is 10.2. The van der Waals surface area contributed by atoms with Crippen LogP contribution in [0.4, 0.5) is 0 Å². The number of thioether (sulfide) groups is 1. The summed E-state index contributed by atoms with van der Waals surface area (Å²) >= 11 is 5.15. The molecule has 0 aliphatic heterocycles. The molecule has 3 aromatic heterocycles. The number of rotatable bonds is 6. The van der Waals surface area contributed by atoms with Crippen molar-refractivity contribution in [1.82, 2.24) is 19.7 Å². The minimum Gasteiger partial charge on any atom is -0.298 e. The summed E-state index contributed by atoms with van der Waals surface area (Å²) in [6.45, 7) is 0. The van der Waals surface area contributed by atoms with E-state index in [1.54, 1.807) is 34.4 Å². The molecule has 1 saturated carbocycles. The van der Waals surface area contributed by atoms with Crippen molar-refractivity contribution in [2.24, 2.45) is 0 Å². The van der Waals surface area contributed by atoms with E-state index in [1.165, 1.54) is 23.3 Å². The molecule has 26 heavy (non-hydrogen) atoms. The average Bonchev–Trinajstić information content (AvgIpc) is 3.10. The van der Waals surface area contributed by atoms with Crippen molar-refractivity contribution < 1.29 is 0 Å². The van der Waals surface area contributed by atoms with Crippen LogP contribution in [0.3, 0.4) is 0 Å². The lowest BCUT2D eigenvalue weighted by Crippen LogP contribution is -1.99. The molecule has 5 rings (SSSR count). The second-order valence-corrected chi connectivity index (χ2v) is 8.93. The Bertz CT molecular complexity index is 1000. The van der Waals surface area contributed by atoms with Crippen LogP contribution in [0, 0.1) is 0 Å². The molecule has 130 valence electrons. The maximum absolute atomic E-state index is 4.78. The Labute approximate surface area is 164 Å². The molecule has 4 aromatic rings. The van der Waals surface area contributed by atoms with Crippen LogP contribution < -0.4 is 0 Å². The van der Waals surface area contributed by atoms with Crippen molar-refractivity contribution in [3.8, 4) is 21.3 Å². The van der Waals surface area contributed by atoms with E-state index in [4.69, 9.17) is 4.98 Å². The maximum Gasteiger partial charge on any atom is 0.192 e. The van der Waals surface area contributed by atoms with E-state index >= 15 is 0 Å². The van der Waals surface area contributed by atoms with Gasteiger partial charge in [-0.25, -0.2) is 4.98 Å². The Kier molecular flexibility index (Phi) is 4.36. The molecule has 4 nitrogen and oxygen atoms in total. The molecule has 0 spiro atoms. The second kappa shape index (κ2) is 6.98. The van der Waals surface area contributed by atoms with Gasteiger partial charge >= 0.3 is 0 Å². The molecule has 1 fully saturated rings. The summed E-state index contributed by atoms with van der Waals surface area (Å²) in [4.78, 5) is 5.98. The summed E-state index contributed by atoms with van der Waals surface area (Å²) in [6.07, 6.45) is 2.44. The van der Waals surface area contributed by atoms with Gasteiger partial charge in [0.15, 0.2) is 11.0 Å². The Morgan fingerprint density at radius 1 is 1.04 bits per heavy atom. The molecule has 7 heteroatoms. The fourth-order valence-electron chi connectivity index (χ4n) is 2.84. The van der Waals surface area contributed by atoms with E-state index in [2.05, 4.69) is 61.9 Å². The summed E-state index contributed by atoms with van der Waals surface area (Å²) in [5.41, 5.74) is 2.27. The number of nitrogens with zero attached hydrogens (tertiary/aromatic N) is 4. The van der Waals surface area contributed by atoms with Crippen LogP contribution in [0.5, 0.6) is 0 Å². The number of thiazole rings is 1. The molecule has 1 aliphatic carbocycles. The molecule has 0 saturated heterocycles. The molecule has 0 amide bonds. The van der Waals surface area contributed by atoms with E-state index in [-0.39, 0.29) is 0 Å². The molecule has 0 bridgehead atoms. The van der Waals surface area contributed by atoms with Gasteiger partial charge in [0.05, 0.1) is 10.6 Å². The van der Waals surface area contributed by atoms with Gasteiger partial charge in [-0.1, -0.05) is 48.2 Å². The average molecular weight is 397 g/mol. The van der Waals surface area contributed by atoms with Gasteiger partial charge in [-0.3, -0.25) is 4.57 Å². The lowest BCUT2D eigenvalue weighted by Gasteiger charge is -2.06. The molecule has 1 aliphatic rings. The first-order valence-corrected chi connectivity index (χ1v) is 11.2. The third-order valence-electron chi connectivity index (χ3n) is 4.24. The SMILES string of the molecule is c1ccc(-c2nc(CSc3nnc(-c4cccs4)n3C3CC3)cs2)cc1. The van der Waals surface area contributed by atoms with Gasteiger partial charge in [0, 0.05) is 22.7 Å². The lowest BCUT2D eigenvalue weighted by molar-refractivity contribution is 0.670. The van der Waals surface area contributed by atoms with Crippen molar-refractivity contribution >= 4 is 34.4 Å². The summed E-state index contributed by atoms with van der Waals surface area (Å²) in [5, 5.41) is 15.3. The highest BCUT2D eigenvalue weighted by Crippen LogP contribution is 2.42. The number of hydrogen-bond donors (Lipinski definition) is 0. The quantitative estimate of drug-likeness (QED) is 0.389. The summed E-state index contributed by atoms with van der Waals surface area (Å²) < 4.78 is 2.32. The second-order valence-electron chi connectivity index (χ2n) is 6.18. The zero-order valence-electron chi connectivity index (χ0n) is 13.9. The highest BCUT2D eigenvalue weighted by molar-refractivity contribution is 7.98. The molecule has 0 atom stereocenters. The fourth-order valence-corrected chi connectivity index (χ4v) is 5.37. The minimum atomic E-state index is 0.555. The van der Waals surface area contributed by atoms with E-state index in [0.29, 0.717) is 6.04 Å². The zero-order chi connectivity index (χ0) is 17.3. The van der Waals surface area contributed by atoms with Gasteiger partial charge in [-0.15, -0.1) is 32.9 Å². The predicted octanol–water partition coefficient (Wildman–Crippen LogP) is 5.76. The highest BCUT2D eigenvalue weighted by Gasteiger charge is 2.30. The predicted molar refractivity (Wildman–Crippen MR) is 109 cm³/mol. The van der Waals surface area contributed by atoms with Crippen LogP contribution in [-0.2, 0) is 5.75 Å². The van der Waals surface area contributed by atoms with Crippen molar-refractivity contribution in [1.29, 1.82) is 0 Å². The Morgan fingerprint density at radius 2 is 1.92 bits per heavy atom. The molecule has 1 aromatic carbocycles. The summed E-state index contributed by atoms with van der Waals surface area (Å²) in [5.74, 6) is 1.83. The number of benzene rings is 1. The van der Waals surface area contributed by atoms with Gasteiger partial charge < -0.3 is 0 Å². The molecule has 0 N–H and O–H groups in total. The third kappa shape index (κ3) is 3.22. The topological polar surface area (TPSA) is 43.6 Å². The number of thiophene rings is 1. The fraction of sp³-hybridized carbons (Fsp3) is 0.211. The van der Waals surface area contributed by atoms with Gasteiger partial charge in [0.2, 0.25) is 0 Å². The monoisotopic (exact) mass is 396 g/mol. The van der Waals surface area contributed by atoms with Crippen LogP contribution in [0.25, 0.3) is 21.3 Å². The van der Waals surface area contributed by atoms with E-state index < -0.39 is 0 Å². The van der Waals surface area contributed by atoms with E-state index in [0.717, 1.165) is 27.4 Å². The minimum absolute atomic E-state index is 0.555. The summed E-state index contributed by atoms with van der Waals surface area (Å²) in [6, 6.07) is 15.1. The first-order valence-electron chi connectivity index (χ1n) is 8.50. The van der Waals surface area contributed by atoms with Gasteiger partial charge in [-0.05, 0) is 24.3 Å². The van der Waals surface area contributed by atoms with Crippen molar-refractivity contribution in [3.05, 3.63) is 58.9 Å². The van der Waals surface area contributed by atoms with Gasteiger partial charge in [-0.2, -0.15) is 0 Å². The molecule has 3 heterocycles. The highest BCUT2D eigenvalue weighted by atomic mass is 32.2. The third-order valence-corrected chi connectivity index (χ3v) is 7.02. The Hall–Kier alpha value is -1.96. The maximum atomic E-state index is 4.78. The number of hydrogen-bond acceptors (Lipinski definition) is 6. The summed E-state index contributed by atoms with van der Waals surface area (Å²) in [7, 11) is 0. The van der Waals surface area contributed by atoms with Crippen molar-refractivity contribution in [3.63, 3.8) is 0 Å².